The van der Waals surface area contributed by atoms with Crippen molar-refractivity contribution in [2.24, 2.45) is 0 Å². The van der Waals surface area contributed by atoms with E-state index >= 15 is 0 Å². The van der Waals surface area contributed by atoms with Crippen molar-refractivity contribution in [1.29, 1.82) is 0 Å². The number of carbonyl (C=O) groups is 1. The average molecular weight is 416 g/mol. The van der Waals surface area contributed by atoms with Crippen LogP contribution in [-0.4, -0.2) is 50.5 Å². The monoisotopic (exact) mass is 415 g/mol. The number of benzene rings is 1. The van der Waals surface area contributed by atoms with E-state index in [0.29, 0.717) is 37.1 Å². The summed E-state index contributed by atoms with van der Waals surface area (Å²) < 4.78 is 7.59. The maximum Gasteiger partial charge on any atom is 0.318 e. The molecule has 1 aromatic carbocycles. The van der Waals surface area contributed by atoms with E-state index in [2.05, 4.69) is 27.4 Å². The first-order valence-electron chi connectivity index (χ1n) is 9.62. The third-order valence-corrected chi connectivity index (χ3v) is 4.64. The number of aromatic nitrogens is 3. The number of carbonyl (C=O) groups excluding carboxylic acids is 1. The number of fused-ring (bicyclic) bond motifs is 1. The van der Waals surface area contributed by atoms with Crippen molar-refractivity contribution in [3.63, 3.8) is 0 Å². The van der Waals surface area contributed by atoms with Crippen LogP contribution >= 0.6 is 11.6 Å². The molecule has 0 atom stereocenters. The highest BCUT2D eigenvalue weighted by Gasteiger charge is 2.28. The van der Waals surface area contributed by atoms with Crippen molar-refractivity contribution < 1.29 is 9.53 Å². The molecule has 2 aromatic rings. The molecule has 1 aliphatic heterocycles. The Bertz CT molecular complexity index is 942. The van der Waals surface area contributed by atoms with Gasteiger partial charge in [0.1, 0.15) is 0 Å². The fourth-order valence-electron chi connectivity index (χ4n) is 2.90. The van der Waals surface area contributed by atoms with Gasteiger partial charge in [-0.25, -0.2) is 4.79 Å². The predicted octanol–water partition coefficient (Wildman–Crippen LogP) is 3.06. The fourth-order valence-corrected chi connectivity index (χ4v) is 3.09. The molecule has 0 saturated carbocycles. The van der Waals surface area contributed by atoms with Crippen molar-refractivity contribution in [3.8, 4) is 11.8 Å². The minimum Gasteiger partial charge on any atom is -0.376 e. The third-order valence-electron chi connectivity index (χ3n) is 4.41. The molecule has 0 unspecified atom stereocenters. The third kappa shape index (κ3) is 5.72. The summed E-state index contributed by atoms with van der Waals surface area (Å²) in [5.41, 5.74) is 0.359. The lowest BCUT2D eigenvalue weighted by Gasteiger charge is -2.33. The van der Waals surface area contributed by atoms with Gasteiger partial charge in [-0.3, -0.25) is 0 Å². The number of amides is 2. The Morgan fingerprint density at radius 2 is 2.10 bits per heavy atom. The summed E-state index contributed by atoms with van der Waals surface area (Å²) in [6.45, 7) is 9.83. The van der Waals surface area contributed by atoms with Gasteiger partial charge >= 0.3 is 6.03 Å². The largest absolute Gasteiger partial charge is 0.376 e. The van der Waals surface area contributed by atoms with Crippen LogP contribution in [0.5, 0.6) is 0 Å². The van der Waals surface area contributed by atoms with Gasteiger partial charge in [-0.15, -0.1) is 10.2 Å². The Balaban J connectivity index is 1.65. The zero-order valence-electron chi connectivity index (χ0n) is 17.2. The molecule has 0 saturated heterocycles. The number of urea groups is 1. The van der Waals surface area contributed by atoms with Crippen LogP contribution < -0.4 is 5.32 Å². The van der Waals surface area contributed by atoms with E-state index in [9.17, 15) is 4.79 Å². The Hall–Kier alpha value is -2.56. The Labute approximate surface area is 176 Å². The van der Waals surface area contributed by atoms with Gasteiger partial charge in [0.15, 0.2) is 5.82 Å². The van der Waals surface area contributed by atoms with Gasteiger partial charge < -0.3 is 19.5 Å². The van der Waals surface area contributed by atoms with Gasteiger partial charge in [-0.1, -0.05) is 23.6 Å². The maximum atomic E-state index is 12.7. The van der Waals surface area contributed by atoms with Crippen LogP contribution in [0.4, 0.5) is 4.79 Å². The lowest BCUT2D eigenvalue weighted by molar-refractivity contribution is 0.0393. The van der Waals surface area contributed by atoms with Crippen molar-refractivity contribution >= 4 is 17.6 Å². The molecule has 7 nitrogen and oxygen atoms in total. The van der Waals surface area contributed by atoms with E-state index < -0.39 is 5.54 Å². The van der Waals surface area contributed by atoms with Crippen molar-refractivity contribution in [2.75, 3.05) is 13.2 Å². The van der Waals surface area contributed by atoms with E-state index in [1.807, 2.05) is 50.5 Å². The smallest absolute Gasteiger partial charge is 0.318 e. The quantitative estimate of drug-likeness (QED) is 0.779. The number of rotatable bonds is 4. The SMILES string of the molecule is CC(C)OCC(C)(C)NC(=O)N1CCn2c(C#Cc3cccc(Cl)c3)nnc2C1. The van der Waals surface area contributed by atoms with Gasteiger partial charge in [0, 0.05) is 23.7 Å². The van der Waals surface area contributed by atoms with E-state index in [0.717, 1.165) is 11.4 Å². The standard InChI is InChI=1S/C21H26ClN5O2/c1-15(2)29-14-21(3,4)23-20(28)26-10-11-27-18(24-25-19(27)13-26)9-8-16-6-5-7-17(22)12-16/h5-7,12,15H,10-11,13-14H2,1-4H3,(H,23,28). The second-order valence-electron chi connectivity index (χ2n) is 7.95. The molecule has 2 amide bonds. The fraction of sp³-hybridized carbons (Fsp3) is 0.476. The summed E-state index contributed by atoms with van der Waals surface area (Å²) >= 11 is 6.00. The van der Waals surface area contributed by atoms with Crippen molar-refractivity contribution in [2.45, 2.75) is 52.4 Å². The van der Waals surface area contributed by atoms with Gasteiger partial charge in [-0.05, 0) is 51.8 Å². The molecule has 3 rings (SSSR count). The molecule has 1 aromatic heterocycles. The Kier molecular flexibility index (Phi) is 6.46. The maximum absolute atomic E-state index is 12.7. The predicted molar refractivity (Wildman–Crippen MR) is 112 cm³/mol. The second-order valence-corrected chi connectivity index (χ2v) is 8.38. The van der Waals surface area contributed by atoms with E-state index in [1.54, 1.807) is 11.0 Å². The Morgan fingerprint density at radius 1 is 1.31 bits per heavy atom. The number of hydrogen-bond donors (Lipinski definition) is 1. The first-order chi connectivity index (χ1) is 13.7. The molecule has 0 radical (unpaired) electrons. The Morgan fingerprint density at radius 3 is 2.83 bits per heavy atom. The molecule has 0 spiro atoms. The molecule has 29 heavy (non-hydrogen) atoms. The van der Waals surface area contributed by atoms with Gasteiger partial charge in [-0.2, -0.15) is 0 Å². The summed E-state index contributed by atoms with van der Waals surface area (Å²) in [7, 11) is 0. The van der Waals surface area contributed by atoms with Gasteiger partial charge in [0.05, 0.1) is 24.8 Å². The van der Waals surface area contributed by atoms with E-state index in [1.165, 1.54) is 0 Å². The number of halogens is 1. The molecule has 1 N–H and O–H groups in total. The van der Waals surface area contributed by atoms with Crippen LogP contribution in [0.2, 0.25) is 5.02 Å². The summed E-state index contributed by atoms with van der Waals surface area (Å²) in [5, 5.41) is 12.1. The number of nitrogens with one attached hydrogen (secondary N) is 1. The molecule has 0 aliphatic carbocycles. The molecule has 0 bridgehead atoms. The van der Waals surface area contributed by atoms with Crippen molar-refractivity contribution in [1.82, 2.24) is 25.0 Å². The minimum atomic E-state index is -0.458. The van der Waals surface area contributed by atoms with E-state index in [4.69, 9.17) is 16.3 Å². The first-order valence-corrected chi connectivity index (χ1v) is 10.00. The normalized spacial score (nSPS) is 13.7. The van der Waals surface area contributed by atoms with Crippen LogP contribution in [0.3, 0.4) is 0 Å². The minimum absolute atomic E-state index is 0.117. The molecule has 2 heterocycles. The summed E-state index contributed by atoms with van der Waals surface area (Å²) in [6.07, 6.45) is 0.117. The number of ether oxygens (including phenoxy) is 1. The number of hydrogen-bond acceptors (Lipinski definition) is 4. The summed E-state index contributed by atoms with van der Waals surface area (Å²) in [6, 6.07) is 7.22. The number of nitrogens with zero attached hydrogens (tertiary/aromatic N) is 4. The second kappa shape index (κ2) is 8.85. The van der Waals surface area contributed by atoms with E-state index in [-0.39, 0.29) is 12.1 Å². The zero-order valence-corrected chi connectivity index (χ0v) is 18.0. The molecule has 0 fully saturated rings. The highest BCUT2D eigenvalue weighted by Crippen LogP contribution is 2.14. The van der Waals surface area contributed by atoms with Gasteiger partial charge in [0.2, 0.25) is 5.82 Å². The molecule has 1 aliphatic rings. The lowest BCUT2D eigenvalue weighted by Crippen LogP contribution is -2.54. The van der Waals surface area contributed by atoms with Crippen LogP contribution in [0.15, 0.2) is 24.3 Å². The highest BCUT2D eigenvalue weighted by atomic mass is 35.5. The van der Waals surface area contributed by atoms with Crippen LogP contribution in [0.25, 0.3) is 0 Å². The summed E-state index contributed by atoms with van der Waals surface area (Å²) in [5.74, 6) is 7.42. The topological polar surface area (TPSA) is 72.3 Å². The highest BCUT2D eigenvalue weighted by molar-refractivity contribution is 6.30. The molecule has 8 heteroatoms. The van der Waals surface area contributed by atoms with Crippen LogP contribution in [-0.2, 0) is 17.8 Å². The molecule has 154 valence electrons. The first kappa shape index (κ1) is 21.2. The molecular weight excluding hydrogens is 390 g/mol. The average Bonchev–Trinajstić information content (AvgIpc) is 3.07. The van der Waals surface area contributed by atoms with Gasteiger partial charge in [0.25, 0.3) is 0 Å². The zero-order chi connectivity index (χ0) is 21.0. The van der Waals surface area contributed by atoms with Crippen molar-refractivity contribution in [3.05, 3.63) is 46.5 Å². The molecular formula is C21H26ClN5O2. The summed E-state index contributed by atoms with van der Waals surface area (Å²) in [4.78, 5) is 14.4. The van der Waals surface area contributed by atoms with Crippen LogP contribution in [0.1, 0.15) is 44.9 Å². The van der Waals surface area contributed by atoms with Crippen LogP contribution in [0, 0.1) is 11.8 Å². The lowest BCUT2D eigenvalue weighted by atomic mass is 10.1.